The molecule has 0 saturated heterocycles. The van der Waals surface area contributed by atoms with Crippen LogP contribution in [0.25, 0.3) is 0 Å². The van der Waals surface area contributed by atoms with Crippen LogP contribution in [0, 0.1) is 0 Å². The number of carbonyl (C=O) groups is 4. The summed E-state index contributed by atoms with van der Waals surface area (Å²) in [5, 5.41) is 4.78. The first-order chi connectivity index (χ1) is 13.2. The van der Waals surface area contributed by atoms with Gasteiger partial charge >= 0.3 is 12.1 Å². The molecule has 1 N–H and O–H groups in total. The van der Waals surface area contributed by atoms with Crippen molar-refractivity contribution in [1.29, 1.82) is 0 Å². The second-order valence-electron chi connectivity index (χ2n) is 6.81. The molecule has 28 heavy (non-hydrogen) atoms. The summed E-state index contributed by atoms with van der Waals surface area (Å²) in [5.41, 5.74) is -0.377. The normalized spacial score (nSPS) is 13.3. The Morgan fingerprint density at radius 3 is 2.32 bits per heavy atom. The van der Waals surface area contributed by atoms with E-state index < -0.39 is 29.5 Å². The fraction of sp³-hybridized carbons (Fsp3) is 0.278. The van der Waals surface area contributed by atoms with Crippen LogP contribution in [0.1, 0.15) is 57.0 Å². The Morgan fingerprint density at radius 2 is 1.75 bits per heavy atom. The van der Waals surface area contributed by atoms with E-state index in [1.165, 1.54) is 17.5 Å². The van der Waals surface area contributed by atoms with E-state index in [1.807, 2.05) is 0 Å². The van der Waals surface area contributed by atoms with Gasteiger partial charge in [0, 0.05) is 5.38 Å². The lowest BCUT2D eigenvalue weighted by molar-refractivity contribution is -0.0588. The smallest absolute Gasteiger partial charge is 0.408 e. The third-order valence-electron chi connectivity index (χ3n) is 3.47. The number of fused-ring (bicyclic) bond motifs is 1. The summed E-state index contributed by atoms with van der Waals surface area (Å²) in [5.74, 6) is -2.37. The van der Waals surface area contributed by atoms with Gasteiger partial charge in [-0.1, -0.05) is 17.2 Å². The fourth-order valence-corrected chi connectivity index (χ4v) is 3.03. The number of thiazole rings is 1. The molecule has 0 atom stereocenters. The molecule has 0 radical (unpaired) electrons. The van der Waals surface area contributed by atoms with Crippen molar-refractivity contribution >= 4 is 35.2 Å². The highest BCUT2D eigenvalue weighted by Gasteiger charge is 2.39. The second kappa shape index (κ2) is 7.39. The minimum absolute atomic E-state index is 0.0554. The summed E-state index contributed by atoms with van der Waals surface area (Å²) in [6.45, 7) is 5.27. The van der Waals surface area contributed by atoms with Gasteiger partial charge in [0.1, 0.15) is 10.6 Å². The molecule has 3 amide bonds. The van der Waals surface area contributed by atoms with E-state index in [0.717, 1.165) is 11.3 Å². The first-order valence-corrected chi connectivity index (χ1v) is 9.15. The average molecular weight is 403 g/mol. The van der Waals surface area contributed by atoms with Crippen molar-refractivity contribution in [2.75, 3.05) is 0 Å². The van der Waals surface area contributed by atoms with E-state index in [9.17, 15) is 19.2 Å². The Balaban J connectivity index is 1.60. The molecule has 0 unspecified atom stereocenters. The summed E-state index contributed by atoms with van der Waals surface area (Å²) in [6, 6.07) is 6.18. The van der Waals surface area contributed by atoms with Crippen molar-refractivity contribution in [3.05, 3.63) is 51.5 Å². The molecule has 1 aliphatic rings. The Bertz CT molecular complexity index is 927. The van der Waals surface area contributed by atoms with E-state index in [1.54, 1.807) is 32.9 Å². The van der Waals surface area contributed by atoms with Crippen LogP contribution in [0.5, 0.6) is 0 Å². The van der Waals surface area contributed by atoms with Crippen LogP contribution >= 0.6 is 11.3 Å². The maximum absolute atomic E-state index is 12.2. The molecular formula is C18H17N3O6S. The number of rotatable bonds is 4. The van der Waals surface area contributed by atoms with Gasteiger partial charge in [-0.15, -0.1) is 11.3 Å². The quantitative estimate of drug-likeness (QED) is 0.780. The molecule has 1 aromatic carbocycles. The van der Waals surface area contributed by atoms with Gasteiger partial charge in [0.15, 0.2) is 5.69 Å². The maximum atomic E-state index is 12.2. The molecule has 9 nitrogen and oxygen atoms in total. The number of ether oxygens (including phenoxy) is 1. The largest absolute Gasteiger partial charge is 0.444 e. The van der Waals surface area contributed by atoms with Crippen LogP contribution in [0.2, 0.25) is 0 Å². The van der Waals surface area contributed by atoms with Crippen LogP contribution in [-0.4, -0.2) is 39.5 Å². The second-order valence-corrected chi connectivity index (χ2v) is 7.75. The minimum atomic E-state index is -0.950. The van der Waals surface area contributed by atoms with Crippen molar-refractivity contribution < 1.29 is 28.8 Å². The SMILES string of the molecule is CC(C)(C)OC(=O)NCc1nc(C(=O)ON2C(=O)c3ccccc3C2=O)cs1. The Hall–Kier alpha value is -3.27. The molecular weight excluding hydrogens is 386 g/mol. The van der Waals surface area contributed by atoms with Crippen molar-refractivity contribution in [2.24, 2.45) is 0 Å². The third kappa shape index (κ3) is 4.17. The number of aromatic nitrogens is 1. The number of alkyl carbamates (subject to hydrolysis) is 1. The molecule has 0 spiro atoms. The van der Waals surface area contributed by atoms with Gasteiger partial charge in [-0.3, -0.25) is 9.59 Å². The van der Waals surface area contributed by atoms with Gasteiger partial charge in [-0.05, 0) is 32.9 Å². The molecule has 0 bridgehead atoms. The Labute approximate surface area is 164 Å². The van der Waals surface area contributed by atoms with Gasteiger partial charge in [0.05, 0.1) is 17.7 Å². The topological polar surface area (TPSA) is 115 Å². The molecule has 0 saturated carbocycles. The van der Waals surface area contributed by atoms with E-state index in [0.29, 0.717) is 10.1 Å². The van der Waals surface area contributed by atoms with Crippen LogP contribution in [0.15, 0.2) is 29.6 Å². The number of hydrogen-bond acceptors (Lipinski definition) is 8. The molecule has 146 valence electrons. The predicted molar refractivity (Wildman–Crippen MR) is 97.5 cm³/mol. The number of nitrogens with one attached hydrogen (secondary N) is 1. The zero-order valence-corrected chi connectivity index (χ0v) is 16.2. The average Bonchev–Trinajstić information content (AvgIpc) is 3.18. The molecule has 2 aromatic rings. The molecule has 10 heteroatoms. The predicted octanol–water partition coefficient (Wildman–Crippen LogP) is 2.54. The first kappa shape index (κ1) is 19.5. The highest BCUT2D eigenvalue weighted by Crippen LogP contribution is 2.23. The van der Waals surface area contributed by atoms with Gasteiger partial charge in [0.25, 0.3) is 11.8 Å². The summed E-state index contributed by atoms with van der Waals surface area (Å²) < 4.78 is 5.11. The molecule has 2 heterocycles. The van der Waals surface area contributed by atoms with Crippen molar-refractivity contribution in [3.63, 3.8) is 0 Å². The van der Waals surface area contributed by atoms with Gasteiger partial charge < -0.3 is 14.9 Å². The van der Waals surface area contributed by atoms with E-state index in [-0.39, 0.29) is 23.4 Å². The number of hydrogen-bond donors (Lipinski definition) is 1. The summed E-state index contributed by atoms with van der Waals surface area (Å²) >= 11 is 1.11. The van der Waals surface area contributed by atoms with Crippen molar-refractivity contribution in [2.45, 2.75) is 32.9 Å². The zero-order valence-electron chi connectivity index (χ0n) is 15.3. The molecule has 0 fully saturated rings. The summed E-state index contributed by atoms with van der Waals surface area (Å²) in [6.07, 6.45) is -0.613. The van der Waals surface area contributed by atoms with Crippen molar-refractivity contribution in [1.82, 2.24) is 15.4 Å². The van der Waals surface area contributed by atoms with E-state index >= 15 is 0 Å². The van der Waals surface area contributed by atoms with E-state index in [4.69, 9.17) is 9.57 Å². The number of benzene rings is 1. The lowest BCUT2D eigenvalue weighted by atomic mass is 10.1. The molecule has 3 rings (SSSR count). The van der Waals surface area contributed by atoms with Gasteiger partial charge in [-0.2, -0.15) is 0 Å². The highest BCUT2D eigenvalue weighted by atomic mass is 32.1. The van der Waals surface area contributed by atoms with Crippen LogP contribution in [0.4, 0.5) is 4.79 Å². The fourth-order valence-electron chi connectivity index (χ4n) is 2.33. The van der Waals surface area contributed by atoms with Crippen molar-refractivity contribution in [3.8, 4) is 0 Å². The van der Waals surface area contributed by atoms with Crippen LogP contribution < -0.4 is 5.32 Å². The number of nitrogens with zero attached hydrogens (tertiary/aromatic N) is 2. The zero-order chi connectivity index (χ0) is 20.5. The molecule has 0 aliphatic carbocycles. The highest BCUT2D eigenvalue weighted by molar-refractivity contribution is 7.09. The minimum Gasteiger partial charge on any atom is -0.444 e. The van der Waals surface area contributed by atoms with E-state index in [2.05, 4.69) is 10.3 Å². The summed E-state index contributed by atoms with van der Waals surface area (Å²) in [7, 11) is 0. The number of imide groups is 1. The van der Waals surface area contributed by atoms with Crippen LogP contribution in [0.3, 0.4) is 0 Å². The lowest BCUT2D eigenvalue weighted by Gasteiger charge is -2.19. The first-order valence-electron chi connectivity index (χ1n) is 8.27. The Kier molecular flexibility index (Phi) is 5.14. The Morgan fingerprint density at radius 1 is 1.14 bits per heavy atom. The standard InChI is InChI=1S/C18H17N3O6S/c1-18(2,3)26-17(25)19-8-13-20-12(9-28-13)16(24)27-21-14(22)10-6-4-5-7-11(10)15(21)23/h4-7,9H,8H2,1-3H3,(H,19,25). The lowest BCUT2D eigenvalue weighted by Crippen LogP contribution is -2.33. The van der Waals surface area contributed by atoms with Crippen LogP contribution in [-0.2, 0) is 16.1 Å². The number of hydroxylamine groups is 2. The molecule has 1 aliphatic heterocycles. The van der Waals surface area contributed by atoms with Gasteiger partial charge in [0.2, 0.25) is 0 Å². The number of carbonyl (C=O) groups excluding carboxylic acids is 4. The summed E-state index contributed by atoms with van der Waals surface area (Å²) in [4.78, 5) is 57.3. The number of amides is 3. The molecule has 1 aromatic heterocycles. The van der Waals surface area contributed by atoms with Gasteiger partial charge in [-0.25, -0.2) is 14.6 Å². The monoisotopic (exact) mass is 403 g/mol. The third-order valence-corrected chi connectivity index (χ3v) is 4.32. The maximum Gasteiger partial charge on any atom is 0.408 e.